The smallest absolute Gasteiger partial charge is 0.0182 e. The van der Waals surface area contributed by atoms with Gasteiger partial charge in [-0.1, -0.05) is 38.7 Å². The molecule has 1 N–H and O–H groups in total. The highest BCUT2D eigenvalue weighted by molar-refractivity contribution is 7.10. The molecule has 0 unspecified atom stereocenters. The third-order valence-corrected chi connectivity index (χ3v) is 6.64. The Morgan fingerprint density at radius 2 is 1.90 bits per heavy atom. The van der Waals surface area contributed by atoms with Crippen LogP contribution >= 0.6 is 11.3 Å². The van der Waals surface area contributed by atoms with E-state index < -0.39 is 0 Å². The molecule has 2 aliphatic carbocycles. The van der Waals surface area contributed by atoms with Crippen LogP contribution in [0.1, 0.15) is 69.6 Å². The van der Waals surface area contributed by atoms with Gasteiger partial charge in [-0.2, -0.15) is 0 Å². The van der Waals surface area contributed by atoms with Gasteiger partial charge in [-0.15, -0.1) is 11.3 Å². The minimum atomic E-state index is 0.466. The van der Waals surface area contributed by atoms with Gasteiger partial charge in [-0.05, 0) is 55.5 Å². The van der Waals surface area contributed by atoms with Crippen molar-refractivity contribution in [2.45, 2.75) is 70.1 Å². The first-order valence-electron chi connectivity index (χ1n) is 8.53. The summed E-state index contributed by atoms with van der Waals surface area (Å²) in [5.41, 5.74) is 1.17. The highest BCUT2D eigenvalue weighted by atomic mass is 32.1. The Morgan fingerprint density at radius 3 is 2.50 bits per heavy atom. The third-order valence-electron chi connectivity index (χ3n) is 5.53. The fourth-order valence-corrected chi connectivity index (χ4v) is 5.61. The molecule has 1 heterocycles. The minimum Gasteiger partial charge on any atom is -0.316 e. The van der Waals surface area contributed by atoms with E-state index in [2.05, 4.69) is 29.8 Å². The summed E-state index contributed by atoms with van der Waals surface area (Å²) in [7, 11) is 0. The molecule has 0 amide bonds. The van der Waals surface area contributed by atoms with E-state index in [-0.39, 0.29) is 0 Å². The van der Waals surface area contributed by atoms with E-state index in [0.29, 0.717) is 10.8 Å². The second-order valence-electron chi connectivity index (χ2n) is 7.20. The average molecular weight is 292 g/mol. The first-order chi connectivity index (χ1) is 9.79. The molecule has 0 saturated heterocycles. The molecule has 112 valence electrons. The summed E-state index contributed by atoms with van der Waals surface area (Å²) < 4.78 is 0. The van der Waals surface area contributed by atoms with Gasteiger partial charge in [-0.3, -0.25) is 0 Å². The Hall–Kier alpha value is -0.340. The molecule has 2 heteroatoms. The van der Waals surface area contributed by atoms with Crippen LogP contribution in [0.3, 0.4) is 0 Å². The van der Waals surface area contributed by atoms with Gasteiger partial charge >= 0.3 is 0 Å². The van der Waals surface area contributed by atoms with Crippen molar-refractivity contribution in [3.8, 4) is 0 Å². The molecule has 0 aliphatic heterocycles. The maximum Gasteiger partial charge on any atom is 0.0182 e. The van der Waals surface area contributed by atoms with Crippen LogP contribution in [0, 0.1) is 5.41 Å². The predicted octanol–water partition coefficient (Wildman–Crippen LogP) is 5.12. The van der Waals surface area contributed by atoms with E-state index in [1.807, 2.05) is 11.3 Å². The predicted molar refractivity (Wildman–Crippen MR) is 88.5 cm³/mol. The quantitative estimate of drug-likeness (QED) is 0.742. The molecule has 0 aromatic carbocycles. The molecular formula is C18H29NS. The second-order valence-corrected chi connectivity index (χ2v) is 8.15. The lowest BCUT2D eigenvalue weighted by atomic mass is 9.49. The Labute approximate surface area is 128 Å². The number of nitrogens with one attached hydrogen (secondary N) is 1. The topological polar surface area (TPSA) is 12.0 Å². The molecule has 0 atom stereocenters. The number of thiophene rings is 1. The van der Waals surface area contributed by atoms with E-state index in [0.717, 1.165) is 0 Å². The first-order valence-corrected chi connectivity index (χ1v) is 9.41. The largest absolute Gasteiger partial charge is 0.316 e. The zero-order chi connectivity index (χ0) is 13.9. The highest BCUT2D eigenvalue weighted by Crippen LogP contribution is 2.61. The van der Waals surface area contributed by atoms with E-state index in [1.165, 1.54) is 70.9 Å². The normalized spacial score (nSPS) is 24.2. The summed E-state index contributed by atoms with van der Waals surface area (Å²) in [5, 5.41) is 5.97. The van der Waals surface area contributed by atoms with Crippen LogP contribution in [0.2, 0.25) is 0 Å². The molecule has 0 bridgehead atoms. The summed E-state index contributed by atoms with van der Waals surface area (Å²) in [5.74, 6) is 0. The van der Waals surface area contributed by atoms with Crippen LogP contribution in [0.25, 0.3) is 0 Å². The summed E-state index contributed by atoms with van der Waals surface area (Å²) in [6, 6.07) is 4.61. The number of hydrogen-bond donors (Lipinski definition) is 1. The summed E-state index contributed by atoms with van der Waals surface area (Å²) in [4.78, 5) is 1.64. The van der Waals surface area contributed by atoms with Gasteiger partial charge in [0.2, 0.25) is 0 Å². The molecule has 1 spiro atoms. The summed E-state index contributed by atoms with van der Waals surface area (Å²) >= 11 is 1.98. The highest BCUT2D eigenvalue weighted by Gasteiger charge is 2.54. The summed E-state index contributed by atoms with van der Waals surface area (Å²) in [6.07, 6.45) is 13.0. The fourth-order valence-electron chi connectivity index (χ4n) is 4.69. The average Bonchev–Trinajstić information content (AvgIpc) is 2.84. The Morgan fingerprint density at radius 1 is 1.15 bits per heavy atom. The Kier molecular flexibility index (Phi) is 4.52. The third kappa shape index (κ3) is 2.82. The Balaban J connectivity index is 1.70. The molecule has 0 radical (unpaired) electrons. The van der Waals surface area contributed by atoms with Gasteiger partial charge in [0.25, 0.3) is 0 Å². The molecule has 1 nitrogen and oxygen atoms in total. The van der Waals surface area contributed by atoms with Crippen LogP contribution in [0.4, 0.5) is 0 Å². The van der Waals surface area contributed by atoms with Gasteiger partial charge in [0.15, 0.2) is 0 Å². The molecule has 3 rings (SSSR count). The second kappa shape index (κ2) is 6.19. The lowest BCUT2D eigenvalue weighted by Crippen LogP contribution is -2.54. The lowest BCUT2D eigenvalue weighted by Gasteiger charge is -2.57. The van der Waals surface area contributed by atoms with E-state index >= 15 is 0 Å². The van der Waals surface area contributed by atoms with Gasteiger partial charge in [-0.25, -0.2) is 0 Å². The SMILES string of the molecule is CCCNCC1(c2cccs2)CC2(CCCCCC2)C1. The molecule has 1 aromatic heterocycles. The van der Waals surface area contributed by atoms with Gasteiger partial charge < -0.3 is 5.32 Å². The van der Waals surface area contributed by atoms with Crippen LogP contribution in [0.5, 0.6) is 0 Å². The van der Waals surface area contributed by atoms with E-state index in [9.17, 15) is 0 Å². The molecule has 1 aromatic rings. The van der Waals surface area contributed by atoms with Crippen molar-refractivity contribution in [2.24, 2.45) is 5.41 Å². The number of rotatable bonds is 5. The van der Waals surface area contributed by atoms with Crippen molar-refractivity contribution >= 4 is 11.3 Å². The van der Waals surface area contributed by atoms with Crippen LogP contribution in [-0.4, -0.2) is 13.1 Å². The standard InChI is InChI=1S/C18H29NS/c1-2-11-19-15-18(16-8-7-12-20-16)13-17(14-18)9-5-3-4-6-10-17/h7-8,12,19H,2-6,9-11,13-15H2,1H3. The fraction of sp³-hybridized carbons (Fsp3) is 0.778. The minimum absolute atomic E-state index is 0.466. The maximum atomic E-state index is 3.71. The van der Waals surface area contributed by atoms with Gasteiger partial charge in [0, 0.05) is 16.8 Å². The zero-order valence-electron chi connectivity index (χ0n) is 12.9. The first kappa shape index (κ1) is 14.6. The molecule has 2 saturated carbocycles. The molecule has 2 fully saturated rings. The van der Waals surface area contributed by atoms with E-state index in [4.69, 9.17) is 0 Å². The molecule has 2 aliphatic rings. The maximum absolute atomic E-state index is 3.71. The van der Waals surface area contributed by atoms with Crippen LogP contribution in [-0.2, 0) is 5.41 Å². The number of hydrogen-bond acceptors (Lipinski definition) is 2. The lowest BCUT2D eigenvalue weighted by molar-refractivity contribution is 0.00842. The Bertz CT molecular complexity index is 393. The van der Waals surface area contributed by atoms with Crippen LogP contribution in [0.15, 0.2) is 17.5 Å². The van der Waals surface area contributed by atoms with Crippen molar-refractivity contribution in [1.29, 1.82) is 0 Å². The van der Waals surface area contributed by atoms with Crippen molar-refractivity contribution in [3.63, 3.8) is 0 Å². The van der Waals surface area contributed by atoms with Crippen molar-refractivity contribution in [2.75, 3.05) is 13.1 Å². The van der Waals surface area contributed by atoms with E-state index in [1.54, 1.807) is 4.88 Å². The molecule has 20 heavy (non-hydrogen) atoms. The van der Waals surface area contributed by atoms with Crippen molar-refractivity contribution < 1.29 is 0 Å². The molecular weight excluding hydrogens is 262 g/mol. The monoisotopic (exact) mass is 291 g/mol. The van der Waals surface area contributed by atoms with Gasteiger partial charge in [0.05, 0.1) is 0 Å². The van der Waals surface area contributed by atoms with Crippen molar-refractivity contribution in [1.82, 2.24) is 5.32 Å². The van der Waals surface area contributed by atoms with Crippen molar-refractivity contribution in [3.05, 3.63) is 22.4 Å². The summed E-state index contributed by atoms with van der Waals surface area (Å²) in [6.45, 7) is 4.63. The zero-order valence-corrected chi connectivity index (χ0v) is 13.7. The van der Waals surface area contributed by atoms with Crippen LogP contribution < -0.4 is 5.32 Å². The van der Waals surface area contributed by atoms with Gasteiger partial charge in [0.1, 0.15) is 0 Å².